The summed E-state index contributed by atoms with van der Waals surface area (Å²) < 4.78 is 45.3. The van der Waals surface area contributed by atoms with Crippen LogP contribution in [0, 0.1) is 5.92 Å². The molecule has 0 aliphatic heterocycles. The highest BCUT2D eigenvalue weighted by molar-refractivity contribution is 7.91. The van der Waals surface area contributed by atoms with Gasteiger partial charge in [0, 0.05) is 6.07 Å². The van der Waals surface area contributed by atoms with Crippen molar-refractivity contribution in [3.63, 3.8) is 0 Å². The van der Waals surface area contributed by atoms with Gasteiger partial charge in [0.15, 0.2) is 21.3 Å². The van der Waals surface area contributed by atoms with Gasteiger partial charge in [-0.2, -0.15) is 0 Å². The Morgan fingerprint density at radius 3 is 2.05 bits per heavy atom. The number of sulfone groups is 1. The van der Waals surface area contributed by atoms with Gasteiger partial charge in [0.25, 0.3) is 0 Å². The summed E-state index contributed by atoms with van der Waals surface area (Å²) in [6.07, 6.45) is 2.53. The van der Waals surface area contributed by atoms with Gasteiger partial charge in [-0.25, -0.2) is 8.42 Å². The van der Waals surface area contributed by atoms with Crippen molar-refractivity contribution < 1.29 is 22.6 Å². The number of methoxy groups -OCH3 is 2. The molecule has 2 unspecified atom stereocenters. The molecule has 4 aromatic rings. The van der Waals surface area contributed by atoms with Crippen LogP contribution in [0.2, 0.25) is 0 Å². The average molecular weight is 545 g/mol. The van der Waals surface area contributed by atoms with Crippen LogP contribution < -0.4 is 14.2 Å². The molecular formula is C33H36O5S. The van der Waals surface area contributed by atoms with Crippen molar-refractivity contribution in [1.29, 1.82) is 0 Å². The Hall–Kier alpha value is -3.77. The van der Waals surface area contributed by atoms with Crippen molar-refractivity contribution >= 4 is 9.84 Å². The Morgan fingerprint density at radius 1 is 0.718 bits per heavy atom. The standard InChI is InChI=1S/C33H36O5S/c1-25(12-10-17-26-13-6-4-7-14-26)33(39(34,35)30-20-21-31(36-2)32(23-30)37-3)28-18-11-19-29(22-28)38-24-27-15-8-5-9-16-27/h4-9,11,13-16,18-23,25,33H,10,12,17,24H2,1-3H3. The second kappa shape index (κ2) is 13.3. The lowest BCUT2D eigenvalue weighted by molar-refractivity contribution is 0.305. The van der Waals surface area contributed by atoms with Gasteiger partial charge in [0.1, 0.15) is 12.4 Å². The topological polar surface area (TPSA) is 61.8 Å². The van der Waals surface area contributed by atoms with Crippen LogP contribution in [-0.4, -0.2) is 22.6 Å². The van der Waals surface area contributed by atoms with Gasteiger partial charge >= 0.3 is 0 Å². The van der Waals surface area contributed by atoms with Gasteiger partial charge in [-0.1, -0.05) is 79.7 Å². The zero-order valence-electron chi connectivity index (χ0n) is 22.7. The molecule has 0 saturated heterocycles. The minimum atomic E-state index is -3.78. The van der Waals surface area contributed by atoms with Gasteiger partial charge in [-0.15, -0.1) is 0 Å². The van der Waals surface area contributed by atoms with E-state index < -0.39 is 15.1 Å². The molecule has 0 fully saturated rings. The molecule has 39 heavy (non-hydrogen) atoms. The van der Waals surface area contributed by atoms with Crippen LogP contribution in [0.15, 0.2) is 108 Å². The van der Waals surface area contributed by atoms with E-state index in [1.807, 2.05) is 79.7 Å². The van der Waals surface area contributed by atoms with Crippen molar-refractivity contribution in [2.24, 2.45) is 5.92 Å². The van der Waals surface area contributed by atoms with Crippen LogP contribution in [0.4, 0.5) is 0 Å². The summed E-state index contributed by atoms with van der Waals surface area (Å²) in [6, 6.07) is 32.5. The van der Waals surface area contributed by atoms with Gasteiger partial charge < -0.3 is 14.2 Å². The molecule has 0 spiro atoms. The lowest BCUT2D eigenvalue weighted by Crippen LogP contribution is -2.21. The number of rotatable bonds is 13. The Morgan fingerprint density at radius 2 is 1.38 bits per heavy atom. The SMILES string of the molecule is COc1ccc(S(=O)(=O)C(c2cccc(OCc3ccccc3)c2)C(C)CCCc2ccccc2)cc1OC. The Bertz CT molecular complexity index is 1440. The fraction of sp³-hybridized carbons (Fsp3) is 0.273. The zero-order chi connectivity index (χ0) is 27.7. The van der Waals surface area contributed by atoms with Crippen molar-refractivity contribution in [1.82, 2.24) is 0 Å². The summed E-state index contributed by atoms with van der Waals surface area (Å²) >= 11 is 0. The van der Waals surface area contributed by atoms with E-state index in [-0.39, 0.29) is 10.8 Å². The minimum absolute atomic E-state index is 0.142. The fourth-order valence-electron chi connectivity index (χ4n) is 4.90. The van der Waals surface area contributed by atoms with E-state index in [0.29, 0.717) is 29.4 Å². The first-order valence-corrected chi connectivity index (χ1v) is 14.7. The van der Waals surface area contributed by atoms with E-state index in [4.69, 9.17) is 14.2 Å². The van der Waals surface area contributed by atoms with Crippen LogP contribution in [0.25, 0.3) is 0 Å². The number of aryl methyl sites for hydroxylation is 1. The number of hydrogen-bond donors (Lipinski definition) is 0. The number of ether oxygens (including phenoxy) is 3. The summed E-state index contributed by atoms with van der Waals surface area (Å²) in [5, 5.41) is -0.758. The van der Waals surface area contributed by atoms with E-state index in [1.165, 1.54) is 19.8 Å². The average Bonchev–Trinajstić information content (AvgIpc) is 2.97. The lowest BCUT2D eigenvalue weighted by Gasteiger charge is -2.26. The molecular weight excluding hydrogens is 508 g/mol. The molecule has 0 aliphatic rings. The van der Waals surface area contributed by atoms with Gasteiger partial charge in [0.05, 0.1) is 24.4 Å². The van der Waals surface area contributed by atoms with Gasteiger partial charge in [-0.05, 0) is 66.1 Å². The molecule has 4 rings (SSSR count). The molecule has 0 saturated carbocycles. The van der Waals surface area contributed by atoms with E-state index in [2.05, 4.69) is 12.1 Å². The first kappa shape index (κ1) is 28.2. The van der Waals surface area contributed by atoms with E-state index in [9.17, 15) is 8.42 Å². The van der Waals surface area contributed by atoms with E-state index in [1.54, 1.807) is 18.2 Å². The zero-order valence-corrected chi connectivity index (χ0v) is 23.6. The predicted molar refractivity (Wildman–Crippen MR) is 155 cm³/mol. The summed E-state index contributed by atoms with van der Waals surface area (Å²) in [4.78, 5) is 0.204. The monoisotopic (exact) mass is 544 g/mol. The van der Waals surface area contributed by atoms with Crippen molar-refractivity contribution in [3.8, 4) is 17.2 Å². The molecule has 0 aromatic heterocycles. The highest BCUT2D eigenvalue weighted by Gasteiger charge is 2.34. The Balaban J connectivity index is 1.64. The molecule has 0 bridgehead atoms. The molecule has 0 heterocycles. The highest BCUT2D eigenvalue weighted by Crippen LogP contribution is 2.41. The van der Waals surface area contributed by atoms with Crippen molar-refractivity contribution in [3.05, 3.63) is 120 Å². The summed E-state index contributed by atoms with van der Waals surface area (Å²) in [7, 11) is -0.743. The van der Waals surface area contributed by atoms with E-state index >= 15 is 0 Å². The Kier molecular flexibility index (Phi) is 9.66. The third-order valence-electron chi connectivity index (χ3n) is 6.94. The second-order valence-corrected chi connectivity index (χ2v) is 11.8. The molecule has 2 atom stereocenters. The van der Waals surface area contributed by atoms with Crippen LogP contribution >= 0.6 is 0 Å². The quantitative estimate of drug-likeness (QED) is 0.175. The first-order chi connectivity index (χ1) is 18.9. The summed E-state index contributed by atoms with van der Waals surface area (Å²) in [5.41, 5.74) is 3.01. The molecule has 5 nitrogen and oxygen atoms in total. The second-order valence-electron chi connectivity index (χ2n) is 9.68. The summed E-state index contributed by atoms with van der Waals surface area (Å²) in [5.74, 6) is 1.37. The highest BCUT2D eigenvalue weighted by atomic mass is 32.2. The molecule has 0 amide bonds. The number of hydrogen-bond acceptors (Lipinski definition) is 5. The van der Waals surface area contributed by atoms with Crippen molar-refractivity contribution in [2.45, 2.75) is 42.9 Å². The summed E-state index contributed by atoms with van der Waals surface area (Å²) in [6.45, 7) is 2.43. The van der Waals surface area contributed by atoms with E-state index in [0.717, 1.165) is 24.8 Å². The van der Waals surface area contributed by atoms with Gasteiger partial charge in [-0.3, -0.25) is 0 Å². The van der Waals surface area contributed by atoms with Crippen LogP contribution in [-0.2, 0) is 22.9 Å². The third-order valence-corrected chi connectivity index (χ3v) is 9.25. The predicted octanol–water partition coefficient (Wildman–Crippen LogP) is 7.46. The molecule has 204 valence electrons. The number of benzene rings is 4. The van der Waals surface area contributed by atoms with Crippen LogP contribution in [0.3, 0.4) is 0 Å². The minimum Gasteiger partial charge on any atom is -0.493 e. The fourth-order valence-corrected chi connectivity index (χ4v) is 6.97. The largest absolute Gasteiger partial charge is 0.493 e. The maximum atomic E-state index is 14.2. The molecule has 4 aromatic carbocycles. The molecule has 0 aliphatic carbocycles. The third kappa shape index (κ3) is 7.21. The molecule has 6 heteroatoms. The normalized spacial score (nSPS) is 12.9. The first-order valence-electron chi connectivity index (χ1n) is 13.2. The maximum absolute atomic E-state index is 14.2. The Labute approximate surface area is 232 Å². The smallest absolute Gasteiger partial charge is 0.185 e. The van der Waals surface area contributed by atoms with Crippen LogP contribution in [0.1, 0.15) is 41.7 Å². The molecule has 0 N–H and O–H groups in total. The molecule has 0 radical (unpaired) electrons. The van der Waals surface area contributed by atoms with Gasteiger partial charge in [0.2, 0.25) is 0 Å². The maximum Gasteiger partial charge on any atom is 0.185 e. The van der Waals surface area contributed by atoms with Crippen molar-refractivity contribution in [2.75, 3.05) is 14.2 Å². The van der Waals surface area contributed by atoms with Crippen LogP contribution in [0.5, 0.6) is 17.2 Å². The lowest BCUT2D eigenvalue weighted by atomic mass is 9.94.